The summed E-state index contributed by atoms with van der Waals surface area (Å²) in [6.45, 7) is 0. The number of anilines is 2. The van der Waals surface area contributed by atoms with Crippen LogP contribution in [-0.4, -0.2) is 20.0 Å². The van der Waals surface area contributed by atoms with Gasteiger partial charge in [0.2, 0.25) is 0 Å². The topological polar surface area (TPSA) is 32.3 Å². The van der Waals surface area contributed by atoms with Crippen LogP contribution in [0.1, 0.15) is 10.4 Å². The number of carbonyl (C=O) groups excluding carboxylic acids is 1. The van der Waals surface area contributed by atoms with Crippen LogP contribution < -0.4 is 10.2 Å². The van der Waals surface area contributed by atoms with E-state index in [1.165, 1.54) is 11.3 Å². The van der Waals surface area contributed by atoms with Gasteiger partial charge in [-0.3, -0.25) is 4.79 Å². The van der Waals surface area contributed by atoms with E-state index in [-0.39, 0.29) is 5.91 Å². The number of nitrogens with zero attached hydrogens (tertiary/aromatic N) is 1. The molecule has 94 valence electrons. The van der Waals surface area contributed by atoms with Crippen molar-refractivity contribution in [2.45, 2.75) is 0 Å². The molecular weight excluding hydrogens is 312 g/mol. The Bertz CT molecular complexity index is 568. The molecule has 0 fully saturated rings. The molecule has 0 saturated heterocycles. The van der Waals surface area contributed by atoms with Crippen molar-refractivity contribution >= 4 is 43.9 Å². The van der Waals surface area contributed by atoms with Gasteiger partial charge >= 0.3 is 0 Å². The molecule has 0 aliphatic carbocycles. The molecule has 0 aliphatic rings. The normalized spacial score (nSPS) is 10.2. The SMILES string of the molecule is CNc1cccc(C(=O)N(C)c2ccc(Br)s2)c1. The third kappa shape index (κ3) is 2.73. The number of hydrogen-bond acceptors (Lipinski definition) is 3. The Morgan fingerprint density at radius 2 is 2.11 bits per heavy atom. The first-order valence-corrected chi connectivity index (χ1v) is 7.04. The van der Waals surface area contributed by atoms with Gasteiger partial charge < -0.3 is 10.2 Å². The fourth-order valence-corrected chi connectivity index (χ4v) is 2.91. The number of nitrogens with one attached hydrogen (secondary N) is 1. The molecule has 18 heavy (non-hydrogen) atoms. The van der Waals surface area contributed by atoms with Crippen LogP contribution in [0.2, 0.25) is 0 Å². The lowest BCUT2D eigenvalue weighted by Gasteiger charge is -2.15. The molecule has 0 atom stereocenters. The van der Waals surface area contributed by atoms with E-state index in [1.807, 2.05) is 43.4 Å². The highest BCUT2D eigenvalue weighted by Crippen LogP contribution is 2.30. The summed E-state index contributed by atoms with van der Waals surface area (Å²) >= 11 is 4.93. The Morgan fingerprint density at radius 1 is 1.33 bits per heavy atom. The molecule has 1 heterocycles. The van der Waals surface area contributed by atoms with Gasteiger partial charge in [-0.05, 0) is 46.3 Å². The average molecular weight is 325 g/mol. The van der Waals surface area contributed by atoms with Crippen molar-refractivity contribution in [2.75, 3.05) is 24.3 Å². The van der Waals surface area contributed by atoms with Gasteiger partial charge in [-0.1, -0.05) is 6.07 Å². The maximum Gasteiger partial charge on any atom is 0.258 e. The first-order valence-electron chi connectivity index (χ1n) is 5.43. The highest BCUT2D eigenvalue weighted by Gasteiger charge is 2.15. The molecule has 0 radical (unpaired) electrons. The highest BCUT2D eigenvalue weighted by atomic mass is 79.9. The predicted molar refractivity (Wildman–Crippen MR) is 80.7 cm³/mol. The van der Waals surface area contributed by atoms with E-state index < -0.39 is 0 Å². The van der Waals surface area contributed by atoms with E-state index in [1.54, 1.807) is 11.9 Å². The van der Waals surface area contributed by atoms with E-state index in [9.17, 15) is 4.79 Å². The molecule has 0 saturated carbocycles. The summed E-state index contributed by atoms with van der Waals surface area (Å²) in [5, 5.41) is 3.95. The molecule has 3 nitrogen and oxygen atoms in total. The fraction of sp³-hybridized carbons (Fsp3) is 0.154. The molecule has 0 unspecified atom stereocenters. The van der Waals surface area contributed by atoms with Crippen LogP contribution in [0.5, 0.6) is 0 Å². The quantitative estimate of drug-likeness (QED) is 0.930. The van der Waals surface area contributed by atoms with Crippen LogP contribution >= 0.6 is 27.3 Å². The minimum atomic E-state index is -0.0125. The Hall–Kier alpha value is -1.33. The number of hydrogen-bond donors (Lipinski definition) is 1. The minimum absolute atomic E-state index is 0.0125. The highest BCUT2D eigenvalue weighted by molar-refractivity contribution is 9.11. The fourth-order valence-electron chi connectivity index (χ4n) is 1.59. The van der Waals surface area contributed by atoms with Crippen LogP contribution in [0.3, 0.4) is 0 Å². The first kappa shape index (κ1) is 13.1. The number of rotatable bonds is 3. The smallest absolute Gasteiger partial charge is 0.258 e. The van der Waals surface area contributed by atoms with E-state index >= 15 is 0 Å². The summed E-state index contributed by atoms with van der Waals surface area (Å²) in [5.74, 6) is -0.0125. The van der Waals surface area contributed by atoms with Crippen LogP contribution in [0.4, 0.5) is 10.7 Å². The lowest BCUT2D eigenvalue weighted by Crippen LogP contribution is -2.25. The van der Waals surface area contributed by atoms with Crippen LogP contribution in [-0.2, 0) is 0 Å². The summed E-state index contributed by atoms with van der Waals surface area (Å²) in [6, 6.07) is 11.3. The van der Waals surface area contributed by atoms with Crippen molar-refractivity contribution < 1.29 is 4.79 Å². The second-order valence-corrected chi connectivity index (χ2v) is 6.21. The molecule has 1 aromatic heterocycles. The Kier molecular flexibility index (Phi) is 4.04. The zero-order chi connectivity index (χ0) is 13.1. The summed E-state index contributed by atoms with van der Waals surface area (Å²) in [5.41, 5.74) is 1.61. The number of thiophene rings is 1. The molecule has 1 amide bonds. The predicted octanol–water partition coefficient (Wildman–Crippen LogP) is 3.83. The van der Waals surface area contributed by atoms with Crippen molar-refractivity contribution in [3.8, 4) is 0 Å². The third-order valence-corrected chi connectivity index (χ3v) is 4.29. The molecule has 0 bridgehead atoms. The van der Waals surface area contributed by atoms with Crippen molar-refractivity contribution in [1.29, 1.82) is 0 Å². The average Bonchev–Trinajstić information content (AvgIpc) is 2.83. The molecule has 5 heteroatoms. The number of halogens is 1. The zero-order valence-corrected chi connectivity index (χ0v) is 12.5. The van der Waals surface area contributed by atoms with Crippen molar-refractivity contribution in [1.82, 2.24) is 0 Å². The van der Waals surface area contributed by atoms with E-state index in [0.29, 0.717) is 5.56 Å². The van der Waals surface area contributed by atoms with Gasteiger partial charge in [0.1, 0.15) is 0 Å². The van der Waals surface area contributed by atoms with Crippen LogP contribution in [0.15, 0.2) is 40.2 Å². The van der Waals surface area contributed by atoms with Crippen LogP contribution in [0.25, 0.3) is 0 Å². The standard InChI is InChI=1S/C13H13BrN2OS/c1-15-10-5-3-4-9(8-10)13(17)16(2)12-7-6-11(14)18-12/h3-8,15H,1-2H3. The maximum atomic E-state index is 12.3. The molecule has 2 aromatic rings. The monoisotopic (exact) mass is 324 g/mol. The summed E-state index contributed by atoms with van der Waals surface area (Å²) in [4.78, 5) is 14.0. The molecule has 1 N–H and O–H groups in total. The minimum Gasteiger partial charge on any atom is -0.388 e. The molecule has 0 aliphatic heterocycles. The zero-order valence-electron chi connectivity index (χ0n) is 10.1. The second kappa shape index (κ2) is 5.54. The van der Waals surface area contributed by atoms with Gasteiger partial charge in [-0.2, -0.15) is 0 Å². The van der Waals surface area contributed by atoms with E-state index in [0.717, 1.165) is 14.5 Å². The summed E-state index contributed by atoms with van der Waals surface area (Å²) in [6.07, 6.45) is 0. The molecule has 1 aromatic carbocycles. The molecule has 2 rings (SSSR count). The van der Waals surface area contributed by atoms with E-state index in [2.05, 4.69) is 21.2 Å². The Labute approximate surface area is 119 Å². The summed E-state index contributed by atoms with van der Waals surface area (Å²) < 4.78 is 1.01. The molecular formula is C13H13BrN2OS. The van der Waals surface area contributed by atoms with Gasteiger partial charge in [0.25, 0.3) is 5.91 Å². The van der Waals surface area contributed by atoms with Crippen molar-refractivity contribution in [3.63, 3.8) is 0 Å². The lowest BCUT2D eigenvalue weighted by atomic mass is 10.2. The van der Waals surface area contributed by atoms with Crippen molar-refractivity contribution in [2.24, 2.45) is 0 Å². The van der Waals surface area contributed by atoms with Crippen molar-refractivity contribution in [3.05, 3.63) is 45.7 Å². The largest absolute Gasteiger partial charge is 0.388 e. The second-order valence-electron chi connectivity index (χ2n) is 3.77. The Morgan fingerprint density at radius 3 is 2.72 bits per heavy atom. The van der Waals surface area contributed by atoms with Gasteiger partial charge in [0.15, 0.2) is 0 Å². The first-order chi connectivity index (χ1) is 8.61. The van der Waals surface area contributed by atoms with Gasteiger partial charge in [-0.15, -0.1) is 11.3 Å². The third-order valence-electron chi connectivity index (χ3n) is 2.59. The number of carbonyl (C=O) groups is 1. The Balaban J connectivity index is 2.25. The van der Waals surface area contributed by atoms with Gasteiger partial charge in [-0.25, -0.2) is 0 Å². The maximum absolute atomic E-state index is 12.3. The van der Waals surface area contributed by atoms with E-state index in [4.69, 9.17) is 0 Å². The molecule has 0 spiro atoms. The lowest BCUT2D eigenvalue weighted by molar-refractivity contribution is 0.0993. The van der Waals surface area contributed by atoms with Gasteiger partial charge in [0.05, 0.1) is 8.79 Å². The number of amides is 1. The van der Waals surface area contributed by atoms with Crippen LogP contribution in [0, 0.1) is 0 Å². The van der Waals surface area contributed by atoms with Gasteiger partial charge in [0, 0.05) is 25.3 Å². The number of benzene rings is 1. The summed E-state index contributed by atoms with van der Waals surface area (Å²) in [7, 11) is 3.62.